The number of nitrogens with zero attached hydrogens (tertiary/aromatic N) is 3. The van der Waals surface area contributed by atoms with Crippen molar-refractivity contribution in [1.82, 2.24) is 14.7 Å². The van der Waals surface area contributed by atoms with E-state index in [9.17, 15) is 0 Å². The maximum absolute atomic E-state index is 6.10. The molecule has 5 heteroatoms. The van der Waals surface area contributed by atoms with Crippen molar-refractivity contribution in [2.75, 3.05) is 24.6 Å². The van der Waals surface area contributed by atoms with Gasteiger partial charge in [-0.05, 0) is 12.1 Å². The Morgan fingerprint density at radius 3 is 2.85 bits per heavy atom. The number of halogens is 1. The van der Waals surface area contributed by atoms with Gasteiger partial charge in [0, 0.05) is 60.5 Å². The molecule has 0 radical (unpaired) electrons. The zero-order valence-corrected chi connectivity index (χ0v) is 13.1. The Kier molecular flexibility index (Phi) is 4.34. The van der Waals surface area contributed by atoms with Gasteiger partial charge in [0.25, 0.3) is 0 Å². The van der Waals surface area contributed by atoms with E-state index < -0.39 is 0 Å². The summed E-state index contributed by atoms with van der Waals surface area (Å²) in [5.74, 6) is 2.46. The maximum atomic E-state index is 6.10. The van der Waals surface area contributed by atoms with Crippen molar-refractivity contribution >= 4 is 23.4 Å². The molecule has 0 unspecified atom stereocenters. The monoisotopic (exact) mass is 307 g/mol. The highest BCUT2D eigenvalue weighted by Gasteiger charge is 2.16. The van der Waals surface area contributed by atoms with Crippen molar-refractivity contribution in [3.05, 3.63) is 41.0 Å². The molecule has 1 aromatic heterocycles. The minimum atomic E-state index is 0.758. The first-order chi connectivity index (χ1) is 9.72. The topological polar surface area (TPSA) is 21.1 Å². The molecule has 1 aliphatic heterocycles. The lowest BCUT2D eigenvalue weighted by Gasteiger charge is -2.25. The van der Waals surface area contributed by atoms with E-state index in [1.54, 1.807) is 0 Å². The number of aromatic nitrogens is 2. The van der Waals surface area contributed by atoms with E-state index in [2.05, 4.69) is 22.3 Å². The van der Waals surface area contributed by atoms with Crippen LogP contribution in [-0.2, 0) is 13.6 Å². The van der Waals surface area contributed by atoms with Crippen LogP contribution < -0.4 is 0 Å². The molecule has 1 saturated heterocycles. The summed E-state index contributed by atoms with van der Waals surface area (Å²) in [6, 6.07) is 7.94. The molecule has 3 nitrogen and oxygen atoms in total. The molecule has 0 atom stereocenters. The minimum Gasteiger partial charge on any atom is -0.297 e. The van der Waals surface area contributed by atoms with Gasteiger partial charge >= 0.3 is 0 Å². The van der Waals surface area contributed by atoms with Gasteiger partial charge in [0.1, 0.15) is 0 Å². The molecular formula is C15H18ClN3S. The summed E-state index contributed by atoms with van der Waals surface area (Å²) in [4.78, 5) is 2.50. The Morgan fingerprint density at radius 1 is 1.30 bits per heavy atom. The van der Waals surface area contributed by atoms with E-state index in [4.69, 9.17) is 11.6 Å². The third kappa shape index (κ3) is 3.19. The van der Waals surface area contributed by atoms with Crippen LogP contribution in [0.1, 0.15) is 5.56 Å². The van der Waals surface area contributed by atoms with Crippen molar-refractivity contribution in [2.45, 2.75) is 6.54 Å². The Labute approximate surface area is 128 Å². The summed E-state index contributed by atoms with van der Waals surface area (Å²) in [5.41, 5.74) is 3.43. The number of hydrogen-bond acceptors (Lipinski definition) is 3. The van der Waals surface area contributed by atoms with Crippen LogP contribution in [0.4, 0.5) is 0 Å². The lowest BCUT2D eigenvalue weighted by atomic mass is 10.1. The van der Waals surface area contributed by atoms with Crippen LogP contribution in [0, 0.1) is 0 Å². The van der Waals surface area contributed by atoms with Crippen LogP contribution in [0.5, 0.6) is 0 Å². The number of benzene rings is 1. The van der Waals surface area contributed by atoms with Gasteiger partial charge < -0.3 is 0 Å². The second-order valence-electron chi connectivity index (χ2n) is 5.08. The van der Waals surface area contributed by atoms with E-state index in [0.29, 0.717) is 0 Å². The summed E-state index contributed by atoms with van der Waals surface area (Å²) in [6.45, 7) is 3.29. The van der Waals surface area contributed by atoms with E-state index in [0.717, 1.165) is 35.9 Å². The van der Waals surface area contributed by atoms with E-state index in [-0.39, 0.29) is 0 Å². The third-order valence-corrected chi connectivity index (χ3v) is 4.68. The molecule has 3 rings (SSSR count). The summed E-state index contributed by atoms with van der Waals surface area (Å²) >= 11 is 8.14. The normalized spacial score (nSPS) is 16.5. The van der Waals surface area contributed by atoms with Crippen molar-refractivity contribution < 1.29 is 0 Å². The van der Waals surface area contributed by atoms with Crippen molar-refractivity contribution in [2.24, 2.45) is 7.05 Å². The minimum absolute atomic E-state index is 0.758. The molecule has 1 aliphatic rings. The average Bonchev–Trinajstić information content (AvgIpc) is 2.81. The van der Waals surface area contributed by atoms with Crippen LogP contribution >= 0.6 is 23.4 Å². The van der Waals surface area contributed by atoms with Crippen LogP contribution in [0.3, 0.4) is 0 Å². The fraction of sp³-hybridized carbons (Fsp3) is 0.400. The van der Waals surface area contributed by atoms with Gasteiger partial charge in [0.05, 0.1) is 5.69 Å². The first kappa shape index (κ1) is 14.0. The summed E-state index contributed by atoms with van der Waals surface area (Å²) < 4.78 is 1.89. The molecule has 20 heavy (non-hydrogen) atoms. The molecule has 0 amide bonds. The molecule has 2 heterocycles. The molecule has 106 valence electrons. The quantitative estimate of drug-likeness (QED) is 0.868. The molecule has 1 fully saturated rings. The van der Waals surface area contributed by atoms with Gasteiger partial charge in [-0.1, -0.05) is 23.7 Å². The van der Waals surface area contributed by atoms with Gasteiger partial charge in [0.2, 0.25) is 0 Å². The molecule has 0 aliphatic carbocycles. The maximum Gasteiger partial charge on any atom is 0.0968 e. The summed E-state index contributed by atoms with van der Waals surface area (Å²) in [5, 5.41) is 5.37. The smallest absolute Gasteiger partial charge is 0.0968 e. The highest BCUT2D eigenvalue weighted by Crippen LogP contribution is 2.26. The number of hydrogen-bond donors (Lipinski definition) is 0. The van der Waals surface area contributed by atoms with Crippen LogP contribution in [0.2, 0.25) is 5.02 Å². The highest BCUT2D eigenvalue weighted by atomic mass is 35.5. The molecule has 0 bridgehead atoms. The van der Waals surface area contributed by atoms with E-state index in [1.807, 2.05) is 41.7 Å². The standard InChI is InChI=1S/C15H18ClN3S/c1-18-10-13(11-19-5-7-20-8-6-19)15(17-18)12-3-2-4-14(16)9-12/h2-4,9-10H,5-8,11H2,1H3. The summed E-state index contributed by atoms with van der Waals surface area (Å²) in [7, 11) is 1.98. The van der Waals surface area contributed by atoms with Gasteiger partial charge in [-0.15, -0.1) is 0 Å². The fourth-order valence-corrected chi connectivity index (χ4v) is 3.70. The SMILES string of the molecule is Cn1cc(CN2CCSCC2)c(-c2cccc(Cl)c2)n1. The molecule has 0 saturated carbocycles. The molecule has 0 spiro atoms. The van der Waals surface area contributed by atoms with Crippen LogP contribution in [0.25, 0.3) is 11.3 Å². The van der Waals surface area contributed by atoms with Crippen molar-refractivity contribution in [3.63, 3.8) is 0 Å². The lowest BCUT2D eigenvalue weighted by molar-refractivity contribution is 0.295. The molecule has 1 aromatic carbocycles. The highest BCUT2D eigenvalue weighted by molar-refractivity contribution is 7.99. The molecule has 0 N–H and O–H groups in total. The van der Waals surface area contributed by atoms with Crippen molar-refractivity contribution in [1.29, 1.82) is 0 Å². The first-order valence-electron chi connectivity index (χ1n) is 6.81. The number of thioether (sulfide) groups is 1. The second kappa shape index (κ2) is 6.20. The Bertz CT molecular complexity index is 591. The first-order valence-corrected chi connectivity index (χ1v) is 8.34. The van der Waals surface area contributed by atoms with Gasteiger partial charge in [-0.3, -0.25) is 9.58 Å². The zero-order chi connectivity index (χ0) is 13.9. The Balaban J connectivity index is 1.87. The predicted molar refractivity (Wildman–Crippen MR) is 86.3 cm³/mol. The van der Waals surface area contributed by atoms with Crippen LogP contribution in [-0.4, -0.2) is 39.3 Å². The summed E-state index contributed by atoms with van der Waals surface area (Å²) in [6.07, 6.45) is 2.12. The molecule has 2 aromatic rings. The zero-order valence-electron chi connectivity index (χ0n) is 11.6. The molecular weight excluding hydrogens is 290 g/mol. The second-order valence-corrected chi connectivity index (χ2v) is 6.74. The number of aryl methyl sites for hydroxylation is 1. The van der Waals surface area contributed by atoms with Crippen LogP contribution in [0.15, 0.2) is 30.5 Å². The van der Waals surface area contributed by atoms with Gasteiger partial charge in [-0.25, -0.2) is 0 Å². The third-order valence-electron chi connectivity index (χ3n) is 3.50. The van der Waals surface area contributed by atoms with Gasteiger partial charge in [0.15, 0.2) is 0 Å². The van der Waals surface area contributed by atoms with Gasteiger partial charge in [-0.2, -0.15) is 16.9 Å². The predicted octanol–water partition coefficient (Wildman–Crippen LogP) is 3.29. The Hall–Kier alpha value is -0.970. The van der Waals surface area contributed by atoms with Crippen molar-refractivity contribution in [3.8, 4) is 11.3 Å². The van der Waals surface area contributed by atoms with E-state index in [1.165, 1.54) is 17.1 Å². The largest absolute Gasteiger partial charge is 0.297 e. The lowest BCUT2D eigenvalue weighted by Crippen LogP contribution is -2.32. The number of rotatable bonds is 3. The fourth-order valence-electron chi connectivity index (χ4n) is 2.53. The Morgan fingerprint density at radius 2 is 2.10 bits per heavy atom. The van der Waals surface area contributed by atoms with E-state index >= 15 is 0 Å². The average molecular weight is 308 g/mol.